The van der Waals surface area contributed by atoms with Crippen LogP contribution in [0, 0.1) is 0 Å². The van der Waals surface area contributed by atoms with Gasteiger partial charge in [0, 0.05) is 16.7 Å². The van der Waals surface area contributed by atoms with Gasteiger partial charge in [-0.25, -0.2) is 14.8 Å². The van der Waals surface area contributed by atoms with Crippen molar-refractivity contribution in [1.82, 2.24) is 20.2 Å². The lowest BCUT2D eigenvalue weighted by Gasteiger charge is -2.11. The molecule has 0 radical (unpaired) electrons. The number of thiazole rings is 1. The topological polar surface area (TPSA) is 116 Å². The first-order valence-electron chi connectivity index (χ1n) is 10.8. The van der Waals surface area contributed by atoms with Gasteiger partial charge in [0.15, 0.2) is 5.13 Å². The Balaban J connectivity index is 1.41. The molecule has 1 N–H and O–H groups in total. The molecule has 3 aromatic heterocycles. The number of carbonyl (C=O) groups excluding carboxylic acids is 2. The maximum absolute atomic E-state index is 13.2. The summed E-state index contributed by atoms with van der Waals surface area (Å²) in [6.45, 7) is 0. The third-order valence-corrected chi connectivity index (χ3v) is 6.33. The van der Waals surface area contributed by atoms with Gasteiger partial charge in [-0.15, -0.1) is 0 Å². The summed E-state index contributed by atoms with van der Waals surface area (Å²) in [5, 5.41) is 11.1. The zero-order chi connectivity index (χ0) is 25.1. The van der Waals surface area contributed by atoms with Crippen LogP contribution in [0.2, 0.25) is 0 Å². The lowest BCUT2D eigenvalue weighted by atomic mass is 10.0. The predicted octanol–water partition coefficient (Wildman–Crippen LogP) is 4.86. The molecule has 0 spiro atoms. The van der Waals surface area contributed by atoms with E-state index in [4.69, 9.17) is 9.47 Å². The van der Waals surface area contributed by atoms with Gasteiger partial charge in [0.25, 0.3) is 5.91 Å². The Hall–Kier alpha value is -4.70. The van der Waals surface area contributed by atoms with Gasteiger partial charge in [0.1, 0.15) is 16.1 Å². The third-order valence-electron chi connectivity index (χ3n) is 5.45. The Labute approximate surface area is 209 Å². The zero-order valence-corrected chi connectivity index (χ0v) is 20.1. The molecule has 0 saturated heterocycles. The van der Waals surface area contributed by atoms with Crippen LogP contribution in [0.15, 0.2) is 73.1 Å². The van der Waals surface area contributed by atoms with Gasteiger partial charge in [-0.3, -0.25) is 10.1 Å². The number of nitrogens with zero attached hydrogens (tertiary/aromatic N) is 4. The molecule has 0 aliphatic carbocycles. The van der Waals surface area contributed by atoms with Crippen LogP contribution in [-0.4, -0.2) is 46.3 Å². The minimum atomic E-state index is -0.397. The molecular formula is C26H19N5O4S. The van der Waals surface area contributed by atoms with Gasteiger partial charge in [0.05, 0.1) is 43.4 Å². The minimum Gasteiger partial charge on any atom is -0.496 e. The van der Waals surface area contributed by atoms with E-state index in [0.29, 0.717) is 37.9 Å². The Morgan fingerprint density at radius 1 is 0.861 bits per heavy atom. The maximum atomic E-state index is 13.2. The first-order valence-corrected chi connectivity index (χ1v) is 11.6. The molecule has 0 fully saturated rings. The van der Waals surface area contributed by atoms with E-state index in [1.807, 2.05) is 36.4 Å². The van der Waals surface area contributed by atoms with Crippen molar-refractivity contribution in [3.05, 3.63) is 84.2 Å². The number of methoxy groups -OCH3 is 2. The average Bonchev–Trinajstić information content (AvgIpc) is 3.34. The number of fused-ring (bicyclic) bond motifs is 1. The van der Waals surface area contributed by atoms with Crippen LogP contribution >= 0.6 is 11.3 Å². The smallest absolute Gasteiger partial charge is 0.337 e. The van der Waals surface area contributed by atoms with Crippen LogP contribution in [0.3, 0.4) is 0 Å². The Morgan fingerprint density at radius 2 is 1.64 bits per heavy atom. The van der Waals surface area contributed by atoms with E-state index in [1.165, 1.54) is 30.8 Å². The van der Waals surface area contributed by atoms with Crippen molar-refractivity contribution in [2.75, 3.05) is 19.5 Å². The van der Waals surface area contributed by atoms with Crippen LogP contribution in [0.25, 0.3) is 32.7 Å². The number of hydrogen-bond acceptors (Lipinski definition) is 9. The molecule has 0 aliphatic rings. The fourth-order valence-corrected chi connectivity index (χ4v) is 4.51. The first kappa shape index (κ1) is 23.1. The number of anilines is 1. The highest BCUT2D eigenvalue weighted by Crippen LogP contribution is 2.32. The number of para-hydroxylation sites is 1. The molecule has 5 rings (SSSR count). The lowest BCUT2D eigenvalue weighted by Crippen LogP contribution is -2.14. The molecule has 5 aromatic rings. The second-order valence-electron chi connectivity index (χ2n) is 7.58. The van der Waals surface area contributed by atoms with E-state index in [2.05, 4.69) is 25.5 Å². The molecular weight excluding hydrogens is 478 g/mol. The number of benzene rings is 2. The summed E-state index contributed by atoms with van der Waals surface area (Å²) in [7, 11) is 2.92. The Bertz CT molecular complexity index is 1580. The molecule has 3 heterocycles. The molecule has 9 nitrogen and oxygen atoms in total. The summed E-state index contributed by atoms with van der Waals surface area (Å²) in [6, 6.07) is 18.1. The molecule has 10 heteroatoms. The quantitative estimate of drug-likeness (QED) is 0.331. The average molecular weight is 498 g/mol. The SMILES string of the molecule is COC(=O)c1ccc(-c2ccc3nc(NC(=O)c4cnncc4-c4ccccc4OC)sc3n2)cc1. The predicted molar refractivity (Wildman–Crippen MR) is 136 cm³/mol. The summed E-state index contributed by atoms with van der Waals surface area (Å²) in [5.41, 5.74) is 4.34. The van der Waals surface area contributed by atoms with Crippen molar-refractivity contribution in [2.24, 2.45) is 0 Å². The Kier molecular flexibility index (Phi) is 6.33. The Morgan fingerprint density at radius 3 is 2.42 bits per heavy atom. The van der Waals surface area contributed by atoms with E-state index < -0.39 is 5.97 Å². The number of nitrogens with one attached hydrogen (secondary N) is 1. The number of pyridine rings is 1. The molecule has 0 atom stereocenters. The highest BCUT2D eigenvalue weighted by molar-refractivity contribution is 7.22. The van der Waals surface area contributed by atoms with Crippen LogP contribution in [0.5, 0.6) is 5.75 Å². The van der Waals surface area contributed by atoms with Gasteiger partial charge in [-0.1, -0.05) is 41.7 Å². The summed E-state index contributed by atoms with van der Waals surface area (Å²) in [6.07, 6.45) is 2.95. The fraction of sp³-hybridized carbons (Fsp3) is 0.0769. The number of carbonyl (C=O) groups is 2. The molecule has 2 aromatic carbocycles. The van der Waals surface area contributed by atoms with Crippen molar-refractivity contribution in [3.8, 4) is 28.1 Å². The van der Waals surface area contributed by atoms with Crippen LogP contribution in [0.1, 0.15) is 20.7 Å². The van der Waals surface area contributed by atoms with Crippen LogP contribution in [-0.2, 0) is 4.74 Å². The van der Waals surface area contributed by atoms with Crippen molar-refractivity contribution >= 4 is 38.7 Å². The summed E-state index contributed by atoms with van der Waals surface area (Å²) < 4.78 is 10.2. The van der Waals surface area contributed by atoms with Crippen LogP contribution < -0.4 is 10.1 Å². The van der Waals surface area contributed by atoms with E-state index in [0.717, 1.165) is 16.8 Å². The number of aromatic nitrogens is 4. The van der Waals surface area contributed by atoms with Crippen molar-refractivity contribution in [3.63, 3.8) is 0 Å². The molecule has 1 amide bonds. The fourth-order valence-electron chi connectivity index (χ4n) is 3.67. The van der Waals surface area contributed by atoms with Crippen LogP contribution in [0.4, 0.5) is 5.13 Å². The summed E-state index contributed by atoms with van der Waals surface area (Å²) >= 11 is 1.26. The number of esters is 1. The van der Waals surface area contributed by atoms with Gasteiger partial charge < -0.3 is 9.47 Å². The molecule has 0 saturated carbocycles. The van der Waals surface area contributed by atoms with Gasteiger partial charge >= 0.3 is 5.97 Å². The maximum Gasteiger partial charge on any atom is 0.337 e. The molecule has 0 bridgehead atoms. The van der Waals surface area contributed by atoms with Crippen molar-refractivity contribution in [2.45, 2.75) is 0 Å². The molecule has 178 valence electrons. The van der Waals surface area contributed by atoms with Crippen molar-refractivity contribution < 1.29 is 19.1 Å². The van der Waals surface area contributed by atoms with E-state index in [-0.39, 0.29) is 5.91 Å². The molecule has 0 aliphatic heterocycles. The lowest BCUT2D eigenvalue weighted by molar-refractivity contribution is 0.0600. The standard InChI is InChI=1S/C26H19N5O4S/c1-34-22-6-4-3-5-17(22)18-13-27-28-14-19(18)23(32)31-26-30-21-12-11-20(29-24(21)36-26)15-7-9-16(10-8-15)25(33)35-2/h3-14H,1-2H3,(H,30,31,32). The highest BCUT2D eigenvalue weighted by Gasteiger charge is 2.18. The molecule has 36 heavy (non-hydrogen) atoms. The highest BCUT2D eigenvalue weighted by atomic mass is 32.1. The summed E-state index contributed by atoms with van der Waals surface area (Å²) in [4.78, 5) is 34.7. The monoisotopic (exact) mass is 497 g/mol. The normalized spacial score (nSPS) is 10.7. The number of hydrogen-bond donors (Lipinski definition) is 1. The first-order chi connectivity index (χ1) is 17.6. The van der Waals surface area contributed by atoms with Gasteiger partial charge in [-0.2, -0.15) is 10.2 Å². The van der Waals surface area contributed by atoms with E-state index >= 15 is 0 Å². The van der Waals surface area contributed by atoms with Crippen molar-refractivity contribution in [1.29, 1.82) is 0 Å². The van der Waals surface area contributed by atoms with E-state index in [1.54, 1.807) is 31.4 Å². The van der Waals surface area contributed by atoms with Gasteiger partial charge in [0.2, 0.25) is 0 Å². The second-order valence-corrected chi connectivity index (χ2v) is 8.56. The third kappa shape index (κ3) is 4.49. The number of amides is 1. The number of rotatable bonds is 6. The summed E-state index contributed by atoms with van der Waals surface area (Å²) in [5.74, 6) is -0.148. The largest absolute Gasteiger partial charge is 0.496 e. The van der Waals surface area contributed by atoms with E-state index in [9.17, 15) is 9.59 Å². The zero-order valence-electron chi connectivity index (χ0n) is 19.3. The number of ether oxygens (including phenoxy) is 2. The second kappa shape index (κ2) is 9.88. The minimum absolute atomic E-state index is 0.341. The van der Waals surface area contributed by atoms with Gasteiger partial charge in [-0.05, 0) is 30.3 Å². The molecule has 0 unspecified atom stereocenters.